The minimum absolute atomic E-state index is 0.0621. The van der Waals surface area contributed by atoms with E-state index in [1.54, 1.807) is 6.92 Å². The first-order valence-electron chi connectivity index (χ1n) is 6.37. The second kappa shape index (κ2) is 7.36. The summed E-state index contributed by atoms with van der Waals surface area (Å²) >= 11 is 0. The van der Waals surface area contributed by atoms with Gasteiger partial charge in [0, 0.05) is 26.3 Å². The van der Waals surface area contributed by atoms with Crippen molar-refractivity contribution in [3.8, 4) is 0 Å². The molecular weight excluding hydrogens is 292 g/mol. The van der Waals surface area contributed by atoms with Crippen LogP contribution in [-0.2, 0) is 18.4 Å². The normalized spacial score (nSPS) is 11.3. The van der Waals surface area contributed by atoms with Gasteiger partial charge >= 0.3 is 5.69 Å². The lowest BCUT2D eigenvalue weighted by Crippen LogP contribution is -2.42. The monoisotopic (exact) mass is 310 g/mol. The van der Waals surface area contributed by atoms with Crippen LogP contribution >= 0.6 is 0 Å². The standard InChI is InChI=1S/C13H18N4O5/c1-8(4-5-18)15-22-9(2)6-17-7-10(11(14)19)12(20)16(3)13(17)21/h7,18H,2,4-6H2,1,3H3,(H2,14,19)/b15-8+. The van der Waals surface area contributed by atoms with E-state index in [4.69, 9.17) is 15.7 Å². The lowest BCUT2D eigenvalue weighted by Gasteiger charge is -2.10. The number of rotatable bonds is 7. The fourth-order valence-corrected chi connectivity index (χ4v) is 1.58. The van der Waals surface area contributed by atoms with Gasteiger partial charge in [0.25, 0.3) is 11.5 Å². The smallest absolute Gasteiger partial charge is 0.331 e. The second-order valence-electron chi connectivity index (χ2n) is 4.61. The predicted molar refractivity (Wildman–Crippen MR) is 79.5 cm³/mol. The summed E-state index contributed by atoms with van der Waals surface area (Å²) in [6, 6.07) is 0. The molecule has 1 aromatic heterocycles. The van der Waals surface area contributed by atoms with E-state index >= 15 is 0 Å². The Morgan fingerprint density at radius 1 is 1.50 bits per heavy atom. The van der Waals surface area contributed by atoms with Crippen LogP contribution in [0, 0.1) is 0 Å². The zero-order valence-electron chi connectivity index (χ0n) is 12.4. The Kier molecular flexibility index (Phi) is 5.81. The third kappa shape index (κ3) is 4.16. The number of aromatic nitrogens is 2. The summed E-state index contributed by atoms with van der Waals surface area (Å²) in [5, 5.41) is 12.5. The lowest BCUT2D eigenvalue weighted by atomic mass is 10.3. The molecule has 1 rings (SSSR count). The van der Waals surface area contributed by atoms with Crippen LogP contribution in [0.2, 0.25) is 0 Å². The van der Waals surface area contributed by atoms with Crippen molar-refractivity contribution in [1.82, 2.24) is 9.13 Å². The van der Waals surface area contributed by atoms with E-state index in [0.717, 1.165) is 15.3 Å². The fourth-order valence-electron chi connectivity index (χ4n) is 1.58. The Morgan fingerprint density at radius 3 is 2.68 bits per heavy atom. The van der Waals surface area contributed by atoms with E-state index in [0.29, 0.717) is 12.1 Å². The summed E-state index contributed by atoms with van der Waals surface area (Å²) in [7, 11) is 1.24. The van der Waals surface area contributed by atoms with Gasteiger partial charge in [-0.3, -0.25) is 18.7 Å². The first kappa shape index (κ1) is 17.4. The number of carbonyl (C=O) groups is 1. The van der Waals surface area contributed by atoms with Gasteiger partial charge in [-0.25, -0.2) is 4.79 Å². The van der Waals surface area contributed by atoms with E-state index < -0.39 is 17.2 Å². The summed E-state index contributed by atoms with van der Waals surface area (Å²) in [5.74, 6) is -0.814. The van der Waals surface area contributed by atoms with E-state index in [1.807, 2.05) is 0 Å². The number of hydrogen-bond acceptors (Lipinski definition) is 6. The molecule has 9 heteroatoms. The van der Waals surface area contributed by atoms with Crippen LogP contribution in [0.25, 0.3) is 0 Å². The molecule has 0 aliphatic rings. The highest BCUT2D eigenvalue weighted by atomic mass is 16.6. The topological polar surface area (TPSA) is 129 Å². The molecule has 0 bridgehead atoms. The van der Waals surface area contributed by atoms with Crippen LogP contribution in [-0.4, -0.2) is 32.5 Å². The number of aliphatic hydroxyl groups is 1. The molecule has 120 valence electrons. The molecule has 0 radical (unpaired) electrons. The number of carbonyl (C=O) groups excluding carboxylic acids is 1. The van der Waals surface area contributed by atoms with Crippen LogP contribution in [0.4, 0.5) is 0 Å². The highest BCUT2D eigenvalue weighted by molar-refractivity contribution is 5.92. The quantitative estimate of drug-likeness (QED) is 0.376. The summed E-state index contributed by atoms with van der Waals surface area (Å²) in [4.78, 5) is 39.9. The molecule has 0 saturated heterocycles. The minimum Gasteiger partial charge on any atom is -0.396 e. The number of hydrogen-bond donors (Lipinski definition) is 2. The molecule has 1 heterocycles. The molecule has 0 atom stereocenters. The first-order valence-corrected chi connectivity index (χ1v) is 6.37. The van der Waals surface area contributed by atoms with Crippen LogP contribution in [0.5, 0.6) is 0 Å². The average Bonchev–Trinajstić information content (AvgIpc) is 2.45. The van der Waals surface area contributed by atoms with Crippen LogP contribution < -0.4 is 17.0 Å². The second-order valence-corrected chi connectivity index (χ2v) is 4.61. The van der Waals surface area contributed by atoms with Gasteiger partial charge in [-0.15, -0.1) is 0 Å². The number of nitrogens with two attached hydrogens (primary N) is 1. The highest BCUT2D eigenvalue weighted by Gasteiger charge is 2.13. The summed E-state index contributed by atoms with van der Waals surface area (Å²) in [6.45, 7) is 5.08. The SMILES string of the molecule is C=C(Cn1cc(C(N)=O)c(=O)n(C)c1=O)O/N=C(\C)CCO. The zero-order valence-corrected chi connectivity index (χ0v) is 12.4. The van der Waals surface area contributed by atoms with Gasteiger partial charge in [0.15, 0.2) is 0 Å². The lowest BCUT2D eigenvalue weighted by molar-refractivity contribution is 0.0997. The van der Waals surface area contributed by atoms with Gasteiger partial charge in [-0.1, -0.05) is 11.7 Å². The van der Waals surface area contributed by atoms with Gasteiger partial charge in [-0.05, 0) is 6.92 Å². The molecule has 0 aliphatic heterocycles. The zero-order chi connectivity index (χ0) is 16.9. The number of nitrogens with zero attached hydrogens (tertiary/aromatic N) is 3. The van der Waals surface area contributed by atoms with E-state index in [1.165, 1.54) is 7.05 Å². The fraction of sp³-hybridized carbons (Fsp3) is 0.385. The molecule has 9 nitrogen and oxygen atoms in total. The summed E-state index contributed by atoms with van der Waals surface area (Å²) < 4.78 is 1.84. The third-order valence-electron chi connectivity index (χ3n) is 2.77. The van der Waals surface area contributed by atoms with Crippen molar-refractivity contribution in [3.05, 3.63) is 44.9 Å². The number of allylic oxidation sites excluding steroid dienone is 1. The van der Waals surface area contributed by atoms with Crippen LogP contribution in [0.1, 0.15) is 23.7 Å². The van der Waals surface area contributed by atoms with Crippen molar-refractivity contribution >= 4 is 11.6 Å². The molecule has 0 aliphatic carbocycles. The maximum Gasteiger partial charge on any atom is 0.331 e. The summed E-state index contributed by atoms with van der Waals surface area (Å²) in [5.41, 5.74) is 3.93. The van der Waals surface area contributed by atoms with Gasteiger partial charge < -0.3 is 15.7 Å². The van der Waals surface area contributed by atoms with Crippen LogP contribution in [0.3, 0.4) is 0 Å². The number of oxime groups is 1. The van der Waals surface area contributed by atoms with E-state index in [-0.39, 0.29) is 24.5 Å². The molecule has 1 aromatic rings. The number of primary amides is 1. The Morgan fingerprint density at radius 2 is 2.14 bits per heavy atom. The number of amides is 1. The largest absolute Gasteiger partial charge is 0.396 e. The summed E-state index contributed by atoms with van der Waals surface area (Å²) in [6.07, 6.45) is 1.41. The van der Waals surface area contributed by atoms with E-state index in [9.17, 15) is 14.4 Å². The van der Waals surface area contributed by atoms with Crippen molar-refractivity contribution < 1.29 is 14.7 Å². The molecule has 0 aromatic carbocycles. The van der Waals surface area contributed by atoms with Crippen molar-refractivity contribution in [2.45, 2.75) is 19.9 Å². The van der Waals surface area contributed by atoms with E-state index in [2.05, 4.69) is 11.7 Å². The van der Waals surface area contributed by atoms with Gasteiger partial charge in [0.2, 0.25) is 0 Å². The van der Waals surface area contributed by atoms with Gasteiger partial charge in [0.05, 0.1) is 12.3 Å². The molecule has 22 heavy (non-hydrogen) atoms. The Hall–Kier alpha value is -2.68. The molecule has 0 fully saturated rings. The molecule has 0 saturated carbocycles. The molecule has 3 N–H and O–H groups in total. The van der Waals surface area contributed by atoms with Crippen molar-refractivity contribution in [2.75, 3.05) is 6.61 Å². The highest BCUT2D eigenvalue weighted by Crippen LogP contribution is 2.00. The minimum atomic E-state index is -0.933. The maximum absolute atomic E-state index is 11.9. The average molecular weight is 310 g/mol. The Labute approximate surface area is 125 Å². The number of aliphatic hydroxyl groups excluding tert-OH is 1. The predicted octanol–water partition coefficient (Wildman–Crippen LogP) is -1.07. The van der Waals surface area contributed by atoms with Crippen LogP contribution in [0.15, 0.2) is 33.3 Å². The molecule has 0 unspecified atom stereocenters. The van der Waals surface area contributed by atoms with Gasteiger partial charge in [-0.2, -0.15) is 0 Å². The van der Waals surface area contributed by atoms with Crippen molar-refractivity contribution in [2.24, 2.45) is 17.9 Å². The Balaban J connectivity index is 3.02. The molecular formula is C13H18N4O5. The molecule has 1 amide bonds. The Bertz CT molecular complexity index is 729. The van der Waals surface area contributed by atoms with Crippen molar-refractivity contribution in [1.29, 1.82) is 0 Å². The molecule has 0 spiro atoms. The van der Waals surface area contributed by atoms with Gasteiger partial charge in [0.1, 0.15) is 11.3 Å². The first-order chi connectivity index (χ1) is 10.3. The van der Waals surface area contributed by atoms with Crippen molar-refractivity contribution in [3.63, 3.8) is 0 Å². The maximum atomic E-state index is 11.9. The third-order valence-corrected chi connectivity index (χ3v) is 2.77.